The zero-order valence-electron chi connectivity index (χ0n) is 11.1. The lowest BCUT2D eigenvalue weighted by atomic mass is 9.82. The predicted octanol–water partition coefficient (Wildman–Crippen LogP) is 2.21. The number of hydrogen-bond acceptors (Lipinski definition) is 3. The number of hydrogen-bond donors (Lipinski definition) is 0. The zero-order valence-corrected chi connectivity index (χ0v) is 11.1. The fraction of sp³-hybridized carbons (Fsp3) is 0.643. The van der Waals surface area contributed by atoms with E-state index in [1.54, 1.807) is 0 Å². The van der Waals surface area contributed by atoms with E-state index in [-0.39, 0.29) is 5.54 Å². The van der Waals surface area contributed by atoms with Crippen LogP contribution in [0.15, 0.2) is 18.3 Å². The van der Waals surface area contributed by atoms with Crippen LogP contribution in [0.3, 0.4) is 0 Å². The van der Waals surface area contributed by atoms with Crippen molar-refractivity contribution in [3.8, 4) is 0 Å². The third-order valence-electron chi connectivity index (χ3n) is 3.90. The van der Waals surface area contributed by atoms with Gasteiger partial charge < -0.3 is 4.74 Å². The second kappa shape index (κ2) is 5.15. The minimum Gasteiger partial charge on any atom is -0.381 e. The molecule has 1 aromatic heterocycles. The molecule has 0 bridgehead atoms. The average molecular weight is 234 g/mol. The molecule has 2 heterocycles. The van der Waals surface area contributed by atoms with Crippen LogP contribution in [0.2, 0.25) is 0 Å². The van der Waals surface area contributed by atoms with Gasteiger partial charge in [-0.25, -0.2) is 0 Å². The molecule has 0 aromatic carbocycles. The van der Waals surface area contributed by atoms with Crippen molar-refractivity contribution >= 4 is 0 Å². The van der Waals surface area contributed by atoms with Gasteiger partial charge in [-0.1, -0.05) is 13.0 Å². The fourth-order valence-corrected chi connectivity index (χ4v) is 2.61. The summed E-state index contributed by atoms with van der Waals surface area (Å²) in [4.78, 5) is 6.85. The van der Waals surface area contributed by atoms with Crippen molar-refractivity contribution in [2.45, 2.75) is 31.7 Å². The van der Waals surface area contributed by atoms with Crippen molar-refractivity contribution < 1.29 is 4.74 Å². The highest BCUT2D eigenvalue weighted by Crippen LogP contribution is 2.36. The Morgan fingerprint density at radius 1 is 1.29 bits per heavy atom. The number of ether oxygens (including phenoxy) is 1. The predicted molar refractivity (Wildman–Crippen MR) is 69.0 cm³/mol. The van der Waals surface area contributed by atoms with Gasteiger partial charge in [-0.15, -0.1) is 0 Å². The number of nitrogens with zero attached hydrogens (tertiary/aromatic N) is 2. The zero-order chi connectivity index (χ0) is 12.3. The summed E-state index contributed by atoms with van der Waals surface area (Å²) in [6, 6.07) is 4.38. The van der Waals surface area contributed by atoms with Crippen molar-refractivity contribution in [2.75, 3.05) is 27.3 Å². The number of aromatic nitrogens is 1. The minimum absolute atomic E-state index is 0.109. The Morgan fingerprint density at radius 3 is 2.47 bits per heavy atom. The summed E-state index contributed by atoms with van der Waals surface area (Å²) in [5.74, 6) is 0. The van der Waals surface area contributed by atoms with Crippen LogP contribution < -0.4 is 0 Å². The highest BCUT2D eigenvalue weighted by molar-refractivity contribution is 5.24. The Morgan fingerprint density at radius 2 is 2.00 bits per heavy atom. The van der Waals surface area contributed by atoms with E-state index >= 15 is 0 Å². The molecule has 0 atom stereocenters. The second-order valence-corrected chi connectivity index (χ2v) is 4.93. The van der Waals surface area contributed by atoms with Crippen LogP contribution in [0.25, 0.3) is 0 Å². The van der Waals surface area contributed by atoms with E-state index in [1.807, 2.05) is 6.20 Å². The first-order chi connectivity index (χ1) is 8.19. The minimum atomic E-state index is 0.109. The lowest BCUT2D eigenvalue weighted by molar-refractivity contribution is -0.0107. The van der Waals surface area contributed by atoms with Gasteiger partial charge in [0.1, 0.15) is 0 Å². The first-order valence-electron chi connectivity index (χ1n) is 6.39. The van der Waals surface area contributed by atoms with Gasteiger partial charge in [0.15, 0.2) is 0 Å². The Hall–Kier alpha value is -0.930. The van der Waals surface area contributed by atoms with E-state index in [0.29, 0.717) is 0 Å². The van der Waals surface area contributed by atoms with Gasteiger partial charge in [0.05, 0.1) is 5.54 Å². The average Bonchev–Trinajstić information content (AvgIpc) is 2.39. The number of aryl methyl sites for hydroxylation is 1. The molecular formula is C14H22N2O. The first kappa shape index (κ1) is 12.5. The van der Waals surface area contributed by atoms with E-state index in [4.69, 9.17) is 4.74 Å². The van der Waals surface area contributed by atoms with E-state index < -0.39 is 0 Å². The van der Waals surface area contributed by atoms with E-state index in [1.165, 1.54) is 5.56 Å². The summed E-state index contributed by atoms with van der Waals surface area (Å²) < 4.78 is 5.49. The Labute approximate surface area is 104 Å². The molecule has 1 aliphatic heterocycles. The standard InChI is InChI=1S/C14H22N2O/c1-4-13-6-5-12(11-15-13)14(16(2)3)7-9-17-10-8-14/h5-6,11H,4,7-10H2,1-3H3. The molecule has 17 heavy (non-hydrogen) atoms. The molecule has 0 spiro atoms. The molecule has 1 fully saturated rings. The molecule has 1 aromatic rings. The van der Waals surface area contributed by atoms with Crippen molar-refractivity contribution in [1.29, 1.82) is 0 Å². The number of pyridine rings is 1. The van der Waals surface area contributed by atoms with Crippen molar-refractivity contribution in [3.05, 3.63) is 29.6 Å². The lowest BCUT2D eigenvalue weighted by Crippen LogP contribution is -2.45. The molecular weight excluding hydrogens is 212 g/mol. The summed E-state index contributed by atoms with van der Waals surface area (Å²) in [6.07, 6.45) is 5.14. The van der Waals surface area contributed by atoms with E-state index in [9.17, 15) is 0 Å². The largest absolute Gasteiger partial charge is 0.381 e. The summed E-state index contributed by atoms with van der Waals surface area (Å²) in [5, 5.41) is 0. The molecule has 1 aliphatic rings. The van der Waals surface area contributed by atoms with E-state index in [2.05, 4.69) is 43.0 Å². The molecule has 1 saturated heterocycles. The van der Waals surface area contributed by atoms with Crippen LogP contribution in [0.1, 0.15) is 31.0 Å². The van der Waals surface area contributed by atoms with Crippen molar-refractivity contribution in [2.24, 2.45) is 0 Å². The van der Waals surface area contributed by atoms with Crippen LogP contribution in [-0.4, -0.2) is 37.2 Å². The molecule has 2 rings (SSSR count). The van der Waals surface area contributed by atoms with Gasteiger partial charge in [0.2, 0.25) is 0 Å². The van der Waals surface area contributed by atoms with Crippen LogP contribution >= 0.6 is 0 Å². The Balaban J connectivity index is 2.31. The quantitative estimate of drug-likeness (QED) is 0.802. The molecule has 3 heteroatoms. The Kier molecular flexibility index (Phi) is 3.79. The maximum absolute atomic E-state index is 5.49. The molecule has 0 N–H and O–H groups in total. The maximum atomic E-state index is 5.49. The highest BCUT2D eigenvalue weighted by Gasteiger charge is 2.36. The lowest BCUT2D eigenvalue weighted by Gasteiger charge is -2.43. The van der Waals surface area contributed by atoms with Gasteiger partial charge >= 0.3 is 0 Å². The fourth-order valence-electron chi connectivity index (χ4n) is 2.61. The van der Waals surface area contributed by atoms with Gasteiger partial charge in [-0.05, 0) is 45.0 Å². The third-order valence-corrected chi connectivity index (χ3v) is 3.90. The summed E-state index contributed by atoms with van der Waals surface area (Å²) in [6.45, 7) is 3.82. The van der Waals surface area contributed by atoms with Crippen LogP contribution in [0.4, 0.5) is 0 Å². The molecule has 0 amide bonds. The molecule has 94 valence electrons. The second-order valence-electron chi connectivity index (χ2n) is 4.93. The van der Waals surface area contributed by atoms with Gasteiger partial charge in [0.25, 0.3) is 0 Å². The van der Waals surface area contributed by atoms with E-state index in [0.717, 1.165) is 38.2 Å². The topological polar surface area (TPSA) is 25.4 Å². The molecule has 0 unspecified atom stereocenters. The summed E-state index contributed by atoms with van der Waals surface area (Å²) >= 11 is 0. The van der Waals surface area contributed by atoms with Crippen LogP contribution in [0, 0.1) is 0 Å². The summed E-state index contributed by atoms with van der Waals surface area (Å²) in [5.41, 5.74) is 2.59. The smallest absolute Gasteiger partial charge is 0.0514 e. The normalized spacial score (nSPS) is 19.5. The molecule has 0 saturated carbocycles. The third kappa shape index (κ3) is 2.35. The highest BCUT2D eigenvalue weighted by atomic mass is 16.5. The SMILES string of the molecule is CCc1ccc(C2(N(C)C)CCOCC2)cn1. The monoisotopic (exact) mass is 234 g/mol. The van der Waals surface area contributed by atoms with Gasteiger partial charge in [-0.2, -0.15) is 0 Å². The van der Waals surface area contributed by atoms with Crippen LogP contribution in [0.5, 0.6) is 0 Å². The maximum Gasteiger partial charge on any atom is 0.0514 e. The van der Waals surface area contributed by atoms with Crippen molar-refractivity contribution in [3.63, 3.8) is 0 Å². The molecule has 0 aliphatic carbocycles. The summed E-state index contributed by atoms with van der Waals surface area (Å²) in [7, 11) is 4.30. The van der Waals surface area contributed by atoms with Gasteiger partial charge in [-0.3, -0.25) is 9.88 Å². The van der Waals surface area contributed by atoms with Gasteiger partial charge in [0, 0.05) is 25.1 Å². The Bertz CT molecular complexity index is 353. The first-order valence-corrected chi connectivity index (χ1v) is 6.39. The number of rotatable bonds is 3. The molecule has 0 radical (unpaired) electrons. The molecule has 3 nitrogen and oxygen atoms in total. The van der Waals surface area contributed by atoms with Crippen molar-refractivity contribution in [1.82, 2.24) is 9.88 Å². The van der Waals surface area contributed by atoms with Crippen LogP contribution in [-0.2, 0) is 16.7 Å².